The lowest BCUT2D eigenvalue weighted by molar-refractivity contribution is -0.140. The summed E-state index contributed by atoms with van der Waals surface area (Å²) in [7, 11) is 2.45. The third-order valence-electron chi connectivity index (χ3n) is 2.21. The van der Waals surface area contributed by atoms with E-state index in [2.05, 4.69) is 11.7 Å². The van der Waals surface area contributed by atoms with Crippen molar-refractivity contribution in [2.75, 3.05) is 14.2 Å². The molecular formula is C12H26O3. The highest BCUT2D eigenvalue weighted by Gasteiger charge is 1.98. The number of unbranched alkanes of at least 4 members (excludes halogenated alkanes) is 6. The van der Waals surface area contributed by atoms with Gasteiger partial charge in [0, 0.05) is 13.5 Å². The number of hydrogen-bond acceptors (Lipinski definition) is 3. The highest BCUT2D eigenvalue weighted by molar-refractivity contribution is 5.68. The lowest BCUT2D eigenvalue weighted by Crippen LogP contribution is -1.99. The van der Waals surface area contributed by atoms with Crippen LogP contribution in [0, 0.1) is 0 Å². The van der Waals surface area contributed by atoms with Gasteiger partial charge in [0.1, 0.15) is 0 Å². The molecule has 0 bridgehead atoms. The van der Waals surface area contributed by atoms with Crippen LogP contribution in [0.5, 0.6) is 0 Å². The van der Waals surface area contributed by atoms with E-state index in [0.717, 1.165) is 13.5 Å². The van der Waals surface area contributed by atoms with Gasteiger partial charge < -0.3 is 9.84 Å². The molecule has 15 heavy (non-hydrogen) atoms. The van der Waals surface area contributed by atoms with Crippen molar-refractivity contribution in [3.63, 3.8) is 0 Å². The number of ether oxygens (including phenoxy) is 1. The SMILES string of the molecule is CCCCCCCCCC(=O)OC.CO. The maximum absolute atomic E-state index is 10.7. The second kappa shape index (κ2) is 15.9. The molecule has 0 aromatic rings. The molecule has 0 rings (SSSR count). The number of aliphatic hydroxyl groups is 1. The predicted molar refractivity (Wildman–Crippen MR) is 62.8 cm³/mol. The smallest absolute Gasteiger partial charge is 0.305 e. The Morgan fingerprint density at radius 3 is 1.93 bits per heavy atom. The molecule has 92 valence electrons. The number of hydrogen-bond donors (Lipinski definition) is 1. The van der Waals surface area contributed by atoms with Crippen molar-refractivity contribution in [3.05, 3.63) is 0 Å². The number of methoxy groups -OCH3 is 1. The third-order valence-corrected chi connectivity index (χ3v) is 2.21. The molecule has 0 amide bonds. The van der Waals surface area contributed by atoms with Crippen molar-refractivity contribution in [1.29, 1.82) is 0 Å². The Morgan fingerprint density at radius 2 is 1.47 bits per heavy atom. The van der Waals surface area contributed by atoms with Crippen molar-refractivity contribution >= 4 is 5.97 Å². The summed E-state index contributed by atoms with van der Waals surface area (Å²) in [5.41, 5.74) is 0. The van der Waals surface area contributed by atoms with Crippen molar-refractivity contribution in [2.45, 2.75) is 58.3 Å². The topological polar surface area (TPSA) is 46.5 Å². The van der Waals surface area contributed by atoms with Gasteiger partial charge in [-0.1, -0.05) is 45.4 Å². The minimum Gasteiger partial charge on any atom is -0.469 e. The number of rotatable bonds is 8. The highest BCUT2D eigenvalue weighted by atomic mass is 16.5. The van der Waals surface area contributed by atoms with Crippen LogP contribution in [0.15, 0.2) is 0 Å². The monoisotopic (exact) mass is 218 g/mol. The molecule has 0 fully saturated rings. The van der Waals surface area contributed by atoms with Crippen LogP contribution in [-0.4, -0.2) is 25.3 Å². The van der Waals surface area contributed by atoms with Crippen molar-refractivity contribution < 1.29 is 14.6 Å². The van der Waals surface area contributed by atoms with Crippen LogP contribution in [0.1, 0.15) is 58.3 Å². The molecule has 3 nitrogen and oxygen atoms in total. The molecule has 3 heteroatoms. The van der Waals surface area contributed by atoms with E-state index in [1.165, 1.54) is 45.6 Å². The van der Waals surface area contributed by atoms with Gasteiger partial charge in [0.25, 0.3) is 0 Å². The van der Waals surface area contributed by atoms with Crippen LogP contribution < -0.4 is 0 Å². The largest absolute Gasteiger partial charge is 0.469 e. The van der Waals surface area contributed by atoms with Gasteiger partial charge in [-0.25, -0.2) is 0 Å². The minimum absolute atomic E-state index is 0.0754. The Labute approximate surface area is 93.8 Å². The van der Waals surface area contributed by atoms with E-state index >= 15 is 0 Å². The predicted octanol–water partition coefficient (Wildman–Crippen LogP) is 2.91. The van der Waals surface area contributed by atoms with Gasteiger partial charge in [-0.05, 0) is 6.42 Å². The highest BCUT2D eigenvalue weighted by Crippen LogP contribution is 2.08. The zero-order valence-electron chi connectivity index (χ0n) is 10.4. The second-order valence-corrected chi connectivity index (χ2v) is 3.45. The fourth-order valence-electron chi connectivity index (χ4n) is 1.33. The van der Waals surface area contributed by atoms with Crippen molar-refractivity contribution in [2.24, 2.45) is 0 Å². The van der Waals surface area contributed by atoms with Crippen LogP contribution >= 0.6 is 0 Å². The summed E-state index contributed by atoms with van der Waals surface area (Å²) in [6, 6.07) is 0. The molecule has 0 saturated carbocycles. The molecule has 0 aliphatic carbocycles. The fraction of sp³-hybridized carbons (Fsp3) is 0.917. The maximum atomic E-state index is 10.7. The van der Waals surface area contributed by atoms with E-state index in [1.54, 1.807) is 0 Å². The first-order chi connectivity index (χ1) is 7.31. The van der Waals surface area contributed by atoms with E-state index in [0.29, 0.717) is 6.42 Å². The summed E-state index contributed by atoms with van der Waals surface area (Å²) in [6.45, 7) is 2.22. The lowest BCUT2D eigenvalue weighted by atomic mass is 10.1. The number of carbonyl (C=O) groups excluding carboxylic acids is 1. The Hall–Kier alpha value is -0.570. The minimum atomic E-state index is -0.0754. The van der Waals surface area contributed by atoms with E-state index in [-0.39, 0.29) is 5.97 Å². The standard InChI is InChI=1S/C11H22O2.CH4O/c1-3-4-5-6-7-8-9-10-11(12)13-2;1-2/h3-10H2,1-2H3;2H,1H3. The van der Waals surface area contributed by atoms with Crippen LogP contribution in [-0.2, 0) is 9.53 Å². The molecule has 0 unspecified atom stereocenters. The zero-order valence-corrected chi connectivity index (χ0v) is 10.4. The first kappa shape index (κ1) is 16.8. The zero-order chi connectivity index (χ0) is 11.9. The Kier molecular flexibility index (Phi) is 17.8. The molecule has 1 N–H and O–H groups in total. The van der Waals surface area contributed by atoms with Gasteiger partial charge in [0.05, 0.1) is 7.11 Å². The summed E-state index contributed by atoms with van der Waals surface area (Å²) < 4.78 is 4.56. The Bertz CT molecular complexity index is 124. The number of carbonyl (C=O) groups is 1. The van der Waals surface area contributed by atoms with Crippen molar-refractivity contribution in [1.82, 2.24) is 0 Å². The lowest BCUT2D eigenvalue weighted by Gasteiger charge is -2.00. The Balaban J connectivity index is 0. The van der Waals surface area contributed by atoms with Gasteiger partial charge in [-0.2, -0.15) is 0 Å². The van der Waals surface area contributed by atoms with Crippen LogP contribution in [0.3, 0.4) is 0 Å². The van der Waals surface area contributed by atoms with Crippen LogP contribution in [0.4, 0.5) is 0 Å². The second-order valence-electron chi connectivity index (χ2n) is 3.45. The Morgan fingerprint density at radius 1 is 1.00 bits per heavy atom. The summed E-state index contributed by atoms with van der Waals surface area (Å²) >= 11 is 0. The van der Waals surface area contributed by atoms with Crippen LogP contribution in [0.25, 0.3) is 0 Å². The first-order valence-electron chi connectivity index (χ1n) is 5.82. The van der Waals surface area contributed by atoms with Gasteiger partial charge in [0.2, 0.25) is 0 Å². The van der Waals surface area contributed by atoms with E-state index in [4.69, 9.17) is 5.11 Å². The molecule has 0 saturated heterocycles. The summed E-state index contributed by atoms with van der Waals surface area (Å²) in [4.78, 5) is 10.7. The molecule has 0 aliphatic rings. The number of esters is 1. The average molecular weight is 218 g/mol. The van der Waals surface area contributed by atoms with E-state index in [1.807, 2.05) is 0 Å². The van der Waals surface area contributed by atoms with Crippen LogP contribution in [0.2, 0.25) is 0 Å². The van der Waals surface area contributed by atoms with Gasteiger partial charge in [-0.3, -0.25) is 4.79 Å². The third kappa shape index (κ3) is 16.1. The molecule has 0 aromatic carbocycles. The first-order valence-corrected chi connectivity index (χ1v) is 5.82. The quantitative estimate of drug-likeness (QED) is 0.503. The van der Waals surface area contributed by atoms with Gasteiger partial charge in [0.15, 0.2) is 0 Å². The summed E-state index contributed by atoms with van der Waals surface area (Å²) in [5.74, 6) is -0.0754. The molecule has 0 aromatic heterocycles. The van der Waals surface area contributed by atoms with Crippen molar-refractivity contribution in [3.8, 4) is 0 Å². The molecular weight excluding hydrogens is 192 g/mol. The normalized spacial score (nSPS) is 9.07. The van der Waals surface area contributed by atoms with E-state index in [9.17, 15) is 4.79 Å². The fourth-order valence-corrected chi connectivity index (χ4v) is 1.33. The molecule has 0 atom stereocenters. The molecule has 0 spiro atoms. The summed E-state index contributed by atoms with van der Waals surface area (Å²) in [6.07, 6.45) is 9.29. The van der Waals surface area contributed by atoms with Gasteiger partial charge in [-0.15, -0.1) is 0 Å². The average Bonchev–Trinajstić information content (AvgIpc) is 2.30. The molecule has 0 radical (unpaired) electrons. The maximum Gasteiger partial charge on any atom is 0.305 e. The van der Waals surface area contributed by atoms with E-state index < -0.39 is 0 Å². The van der Waals surface area contributed by atoms with Gasteiger partial charge >= 0.3 is 5.97 Å². The molecule has 0 aliphatic heterocycles. The summed E-state index contributed by atoms with van der Waals surface area (Å²) in [5, 5.41) is 7.00. The number of aliphatic hydroxyl groups excluding tert-OH is 1. The molecule has 0 heterocycles.